The van der Waals surface area contributed by atoms with E-state index >= 15 is 0 Å². The van der Waals surface area contributed by atoms with Crippen LogP contribution in [-0.4, -0.2) is 23.1 Å². The number of phenols is 1. The minimum Gasteiger partial charge on any atom is -0.505 e. The van der Waals surface area contributed by atoms with Crippen molar-refractivity contribution >= 4 is 27.3 Å². The molecule has 6 nitrogen and oxygen atoms in total. The largest absolute Gasteiger partial charge is 0.505 e. The van der Waals surface area contributed by atoms with Gasteiger partial charge in [0.05, 0.1) is 12.0 Å². The number of aromatic hydroxyl groups is 1. The minimum absolute atomic E-state index is 0.0238. The van der Waals surface area contributed by atoms with E-state index in [9.17, 15) is 13.5 Å². The zero-order valence-electron chi connectivity index (χ0n) is 10.3. The lowest BCUT2D eigenvalue weighted by Crippen LogP contribution is -2.13. The van der Waals surface area contributed by atoms with Gasteiger partial charge in [0.25, 0.3) is 10.0 Å². The second-order valence-electron chi connectivity index (χ2n) is 4.10. The first kappa shape index (κ1) is 13.7. The molecule has 2 N–H and O–H groups in total. The average molecular weight is 302 g/mol. The Morgan fingerprint density at radius 2 is 2.11 bits per heavy atom. The van der Waals surface area contributed by atoms with Gasteiger partial charge in [0.1, 0.15) is 5.75 Å². The molecule has 0 bridgehead atoms. The van der Waals surface area contributed by atoms with Gasteiger partial charge in [0.2, 0.25) is 0 Å². The number of rotatable bonds is 3. The summed E-state index contributed by atoms with van der Waals surface area (Å²) in [6.07, 6.45) is 2.73. The molecular formula is C11H12ClN3O3S. The summed E-state index contributed by atoms with van der Waals surface area (Å²) in [4.78, 5) is 3.76. The van der Waals surface area contributed by atoms with E-state index < -0.39 is 10.0 Å². The Balaban J connectivity index is 2.41. The third kappa shape index (κ3) is 2.82. The minimum atomic E-state index is -3.85. The summed E-state index contributed by atoms with van der Waals surface area (Å²) in [5, 5.41) is 10.0. The van der Waals surface area contributed by atoms with Gasteiger partial charge in [0, 0.05) is 18.3 Å². The van der Waals surface area contributed by atoms with Gasteiger partial charge in [-0.3, -0.25) is 4.72 Å². The van der Waals surface area contributed by atoms with Gasteiger partial charge in [-0.1, -0.05) is 11.6 Å². The number of benzene rings is 1. The van der Waals surface area contributed by atoms with Gasteiger partial charge >= 0.3 is 0 Å². The van der Waals surface area contributed by atoms with Crippen LogP contribution in [0, 0.1) is 6.92 Å². The topological polar surface area (TPSA) is 84.2 Å². The number of imidazole rings is 1. The monoisotopic (exact) mass is 301 g/mol. The number of aryl methyl sites for hydroxylation is 2. The van der Waals surface area contributed by atoms with E-state index in [2.05, 4.69) is 9.71 Å². The molecule has 1 heterocycles. The van der Waals surface area contributed by atoms with Gasteiger partial charge in [-0.15, -0.1) is 0 Å². The fourth-order valence-electron chi connectivity index (χ4n) is 1.54. The molecule has 0 spiro atoms. The maximum Gasteiger partial charge on any atom is 0.281 e. The molecule has 0 aliphatic heterocycles. The van der Waals surface area contributed by atoms with Crippen LogP contribution < -0.4 is 4.72 Å². The lowest BCUT2D eigenvalue weighted by molar-refractivity contribution is 0.473. The maximum atomic E-state index is 12.0. The Kier molecular flexibility index (Phi) is 3.42. The molecule has 0 saturated heterocycles. The zero-order valence-corrected chi connectivity index (χ0v) is 11.8. The summed E-state index contributed by atoms with van der Waals surface area (Å²) in [7, 11) is -2.19. The fourth-order valence-corrected chi connectivity index (χ4v) is 2.85. The molecule has 0 atom stereocenters. The molecule has 1 aromatic carbocycles. The molecule has 1 aromatic heterocycles. The zero-order chi connectivity index (χ0) is 14.2. The molecule has 19 heavy (non-hydrogen) atoms. The van der Waals surface area contributed by atoms with Crippen molar-refractivity contribution in [3.05, 3.63) is 35.2 Å². The summed E-state index contributed by atoms with van der Waals surface area (Å²) in [5.41, 5.74) is 0.502. The highest BCUT2D eigenvalue weighted by Gasteiger charge is 2.19. The van der Waals surface area contributed by atoms with Crippen molar-refractivity contribution in [2.24, 2.45) is 7.05 Å². The number of sulfonamides is 1. The molecule has 0 radical (unpaired) electrons. The van der Waals surface area contributed by atoms with Crippen LogP contribution in [0.5, 0.6) is 5.75 Å². The van der Waals surface area contributed by atoms with Gasteiger partial charge in [-0.2, -0.15) is 8.42 Å². The van der Waals surface area contributed by atoms with E-state index in [1.165, 1.54) is 29.2 Å². The number of phenolic OH excluding ortho intramolecular Hbond substituents is 1. The van der Waals surface area contributed by atoms with Crippen LogP contribution in [0.1, 0.15) is 5.56 Å². The van der Waals surface area contributed by atoms with Crippen molar-refractivity contribution in [3.63, 3.8) is 0 Å². The molecule has 0 amide bonds. The molecule has 102 valence electrons. The molecule has 2 rings (SSSR count). The van der Waals surface area contributed by atoms with E-state index in [0.29, 0.717) is 10.6 Å². The summed E-state index contributed by atoms with van der Waals surface area (Å²) in [6.45, 7) is 1.62. The van der Waals surface area contributed by atoms with E-state index in [1.807, 2.05) is 0 Å². The highest BCUT2D eigenvalue weighted by atomic mass is 35.5. The predicted molar refractivity (Wildman–Crippen MR) is 71.9 cm³/mol. The fraction of sp³-hybridized carbons (Fsp3) is 0.182. The Hall–Kier alpha value is -1.73. The standard InChI is InChI=1S/C11H12ClN3O3S/c1-7-3-8(12)4-9(11(7)16)14-19(17,18)10-5-15(2)6-13-10/h3-6,14,16H,1-2H3. The van der Waals surface area contributed by atoms with Gasteiger partial charge in [0.15, 0.2) is 5.03 Å². The van der Waals surface area contributed by atoms with Crippen molar-refractivity contribution in [1.29, 1.82) is 0 Å². The normalized spacial score (nSPS) is 11.5. The number of hydrogen-bond acceptors (Lipinski definition) is 4. The van der Waals surface area contributed by atoms with Gasteiger partial charge < -0.3 is 9.67 Å². The average Bonchev–Trinajstić information content (AvgIpc) is 2.72. The Morgan fingerprint density at radius 1 is 1.42 bits per heavy atom. The SMILES string of the molecule is Cc1cc(Cl)cc(NS(=O)(=O)c2cn(C)cn2)c1O. The number of nitrogens with zero attached hydrogens (tertiary/aromatic N) is 2. The van der Waals surface area contributed by atoms with Crippen LogP contribution >= 0.6 is 11.6 Å². The lowest BCUT2D eigenvalue weighted by Gasteiger charge is -2.10. The summed E-state index contributed by atoms with van der Waals surface area (Å²) in [6, 6.07) is 2.87. The molecular weight excluding hydrogens is 290 g/mol. The number of halogens is 1. The number of aromatic nitrogens is 2. The maximum absolute atomic E-state index is 12.0. The highest BCUT2D eigenvalue weighted by Crippen LogP contribution is 2.32. The molecule has 0 saturated carbocycles. The van der Waals surface area contributed by atoms with Crippen molar-refractivity contribution in [2.75, 3.05) is 4.72 Å². The quantitative estimate of drug-likeness (QED) is 0.848. The van der Waals surface area contributed by atoms with Crippen molar-refractivity contribution < 1.29 is 13.5 Å². The number of nitrogens with one attached hydrogen (secondary N) is 1. The molecule has 0 aliphatic carbocycles. The second-order valence-corrected chi connectivity index (χ2v) is 6.17. The van der Waals surface area contributed by atoms with Crippen molar-refractivity contribution in [3.8, 4) is 5.75 Å². The second kappa shape index (κ2) is 4.75. The first-order valence-electron chi connectivity index (χ1n) is 5.29. The lowest BCUT2D eigenvalue weighted by atomic mass is 10.2. The molecule has 0 aliphatic rings. The molecule has 0 fully saturated rings. The van der Waals surface area contributed by atoms with E-state index in [-0.39, 0.29) is 16.5 Å². The van der Waals surface area contributed by atoms with Crippen LogP contribution in [0.25, 0.3) is 0 Å². The Morgan fingerprint density at radius 3 is 2.68 bits per heavy atom. The first-order valence-corrected chi connectivity index (χ1v) is 7.15. The predicted octanol–water partition coefficient (Wildman–Crippen LogP) is 1.89. The Labute approximate surface area is 115 Å². The number of anilines is 1. The van der Waals surface area contributed by atoms with Crippen LogP contribution in [0.15, 0.2) is 29.7 Å². The van der Waals surface area contributed by atoms with E-state index in [0.717, 1.165) is 0 Å². The smallest absolute Gasteiger partial charge is 0.281 e. The number of hydrogen-bond donors (Lipinski definition) is 2. The van der Waals surface area contributed by atoms with Crippen LogP contribution in [-0.2, 0) is 17.1 Å². The van der Waals surface area contributed by atoms with Crippen LogP contribution in [0.4, 0.5) is 5.69 Å². The van der Waals surface area contributed by atoms with Gasteiger partial charge in [-0.25, -0.2) is 4.98 Å². The summed E-state index contributed by atoms with van der Waals surface area (Å²) < 4.78 is 27.9. The third-order valence-electron chi connectivity index (χ3n) is 2.47. The van der Waals surface area contributed by atoms with Crippen LogP contribution in [0.2, 0.25) is 5.02 Å². The van der Waals surface area contributed by atoms with E-state index in [4.69, 9.17) is 11.6 Å². The van der Waals surface area contributed by atoms with E-state index in [1.54, 1.807) is 14.0 Å². The van der Waals surface area contributed by atoms with Crippen molar-refractivity contribution in [2.45, 2.75) is 11.9 Å². The van der Waals surface area contributed by atoms with Crippen LogP contribution in [0.3, 0.4) is 0 Å². The third-order valence-corrected chi connectivity index (χ3v) is 3.93. The van der Waals surface area contributed by atoms with Crippen molar-refractivity contribution in [1.82, 2.24) is 9.55 Å². The molecule has 2 aromatic rings. The molecule has 8 heteroatoms. The summed E-state index contributed by atoms with van der Waals surface area (Å²) in [5.74, 6) is -0.163. The first-order chi connectivity index (χ1) is 8.79. The molecule has 0 unspecified atom stereocenters. The summed E-state index contributed by atoms with van der Waals surface area (Å²) >= 11 is 5.84. The highest BCUT2D eigenvalue weighted by molar-refractivity contribution is 7.92. The Bertz CT molecular complexity index is 725. The van der Waals surface area contributed by atoms with Gasteiger partial charge in [-0.05, 0) is 24.6 Å².